The Hall–Kier alpha value is -2.83. The average Bonchev–Trinajstić information content (AvgIpc) is 3.02. The molecule has 2 amide bonds. The van der Waals surface area contributed by atoms with Gasteiger partial charge in [-0.25, -0.2) is 0 Å². The van der Waals surface area contributed by atoms with Crippen LogP contribution in [0.1, 0.15) is 23.1 Å². The first-order chi connectivity index (χ1) is 12.7. The van der Waals surface area contributed by atoms with Gasteiger partial charge in [0.1, 0.15) is 0 Å². The summed E-state index contributed by atoms with van der Waals surface area (Å²) in [6.07, 6.45) is -4.50. The van der Waals surface area contributed by atoms with Gasteiger partial charge in [-0.15, -0.1) is 0 Å². The molecule has 1 atom stereocenters. The highest BCUT2D eigenvalue weighted by atomic mass is 19.4. The summed E-state index contributed by atoms with van der Waals surface area (Å²) < 4.78 is 38.6. The molecular formula is C20H19F3N2O2. The molecule has 1 aliphatic rings. The van der Waals surface area contributed by atoms with Crippen molar-refractivity contribution in [1.82, 2.24) is 5.32 Å². The van der Waals surface area contributed by atoms with E-state index in [0.717, 1.165) is 23.3 Å². The Morgan fingerprint density at radius 2 is 1.89 bits per heavy atom. The van der Waals surface area contributed by atoms with Gasteiger partial charge in [-0.1, -0.05) is 35.9 Å². The number of carbonyl (C=O) groups is 2. The standard InChI is InChI=1S/C20H19F3N2O2/c1-13-5-7-14(8-6-13)11-24-19(27)15-9-18(26)25(12-15)17-4-2-3-16(10-17)20(21,22)23/h2-8,10,15H,9,11-12H2,1H3,(H,24,27)/t15-/m1/s1. The van der Waals surface area contributed by atoms with E-state index in [1.54, 1.807) is 0 Å². The molecule has 0 aromatic heterocycles. The fourth-order valence-corrected chi connectivity index (χ4v) is 3.02. The van der Waals surface area contributed by atoms with Crippen LogP contribution in [-0.4, -0.2) is 18.4 Å². The molecule has 142 valence electrons. The zero-order chi connectivity index (χ0) is 19.6. The number of alkyl halides is 3. The number of halogens is 3. The second-order valence-corrected chi connectivity index (χ2v) is 6.66. The maximum Gasteiger partial charge on any atom is 0.416 e. The lowest BCUT2D eigenvalue weighted by molar-refractivity contribution is -0.137. The predicted octanol–water partition coefficient (Wildman–Crippen LogP) is 3.68. The minimum Gasteiger partial charge on any atom is -0.352 e. The first-order valence-electron chi connectivity index (χ1n) is 8.55. The predicted molar refractivity (Wildman–Crippen MR) is 94.9 cm³/mol. The van der Waals surface area contributed by atoms with Gasteiger partial charge in [-0.2, -0.15) is 13.2 Å². The summed E-state index contributed by atoms with van der Waals surface area (Å²) in [5, 5.41) is 2.79. The van der Waals surface area contributed by atoms with E-state index >= 15 is 0 Å². The quantitative estimate of drug-likeness (QED) is 0.885. The molecule has 1 saturated heterocycles. The van der Waals surface area contributed by atoms with Crippen molar-refractivity contribution >= 4 is 17.5 Å². The van der Waals surface area contributed by atoms with Gasteiger partial charge in [0.2, 0.25) is 11.8 Å². The van der Waals surface area contributed by atoms with E-state index in [4.69, 9.17) is 0 Å². The zero-order valence-electron chi connectivity index (χ0n) is 14.7. The van der Waals surface area contributed by atoms with Crippen LogP contribution in [0.25, 0.3) is 0 Å². The number of nitrogens with one attached hydrogen (secondary N) is 1. The summed E-state index contributed by atoms with van der Waals surface area (Å²) in [7, 11) is 0. The summed E-state index contributed by atoms with van der Waals surface area (Å²) in [6, 6.07) is 12.3. The van der Waals surface area contributed by atoms with Crippen LogP contribution in [0.5, 0.6) is 0 Å². The molecule has 27 heavy (non-hydrogen) atoms. The lowest BCUT2D eigenvalue weighted by Crippen LogP contribution is -2.32. The Labute approximate surface area is 155 Å². The van der Waals surface area contributed by atoms with Crippen molar-refractivity contribution in [3.8, 4) is 0 Å². The Morgan fingerprint density at radius 1 is 1.19 bits per heavy atom. The number of anilines is 1. The van der Waals surface area contributed by atoms with E-state index in [1.165, 1.54) is 17.0 Å². The van der Waals surface area contributed by atoms with Crippen molar-refractivity contribution in [3.63, 3.8) is 0 Å². The van der Waals surface area contributed by atoms with Crippen LogP contribution in [0, 0.1) is 12.8 Å². The van der Waals surface area contributed by atoms with Crippen molar-refractivity contribution in [2.45, 2.75) is 26.1 Å². The van der Waals surface area contributed by atoms with Crippen LogP contribution in [0.3, 0.4) is 0 Å². The molecule has 0 bridgehead atoms. The van der Waals surface area contributed by atoms with E-state index in [9.17, 15) is 22.8 Å². The largest absolute Gasteiger partial charge is 0.416 e. The SMILES string of the molecule is Cc1ccc(CNC(=O)[C@@H]2CC(=O)N(c3cccc(C(F)(F)F)c3)C2)cc1. The Balaban J connectivity index is 1.64. The van der Waals surface area contributed by atoms with Gasteiger partial charge in [0.15, 0.2) is 0 Å². The summed E-state index contributed by atoms with van der Waals surface area (Å²) in [5.41, 5.74) is 1.39. The Bertz CT molecular complexity index is 847. The number of hydrogen-bond acceptors (Lipinski definition) is 2. The number of rotatable bonds is 4. The third-order valence-electron chi connectivity index (χ3n) is 4.57. The highest BCUT2D eigenvalue weighted by Crippen LogP contribution is 2.33. The molecule has 1 N–H and O–H groups in total. The molecular weight excluding hydrogens is 357 g/mol. The monoisotopic (exact) mass is 376 g/mol. The van der Waals surface area contributed by atoms with Gasteiger partial charge in [-0.3, -0.25) is 9.59 Å². The normalized spacial score (nSPS) is 17.3. The maximum absolute atomic E-state index is 12.9. The highest BCUT2D eigenvalue weighted by molar-refractivity contribution is 6.00. The third kappa shape index (κ3) is 4.48. The molecule has 7 heteroatoms. The van der Waals surface area contributed by atoms with Crippen molar-refractivity contribution in [1.29, 1.82) is 0 Å². The molecule has 0 radical (unpaired) electrons. The molecule has 0 unspecified atom stereocenters. The van der Waals surface area contributed by atoms with Crippen molar-refractivity contribution in [3.05, 3.63) is 65.2 Å². The Kier molecular flexibility index (Phi) is 5.21. The van der Waals surface area contributed by atoms with Gasteiger partial charge in [0.05, 0.1) is 11.5 Å². The number of nitrogens with zero attached hydrogens (tertiary/aromatic N) is 1. The minimum atomic E-state index is -4.48. The average molecular weight is 376 g/mol. The molecule has 4 nitrogen and oxygen atoms in total. The van der Waals surface area contributed by atoms with Crippen molar-refractivity contribution in [2.24, 2.45) is 5.92 Å². The second kappa shape index (κ2) is 7.42. The Morgan fingerprint density at radius 3 is 2.56 bits per heavy atom. The van der Waals surface area contributed by atoms with E-state index in [2.05, 4.69) is 5.32 Å². The van der Waals surface area contributed by atoms with Crippen LogP contribution in [0.2, 0.25) is 0 Å². The van der Waals surface area contributed by atoms with Crippen LogP contribution in [-0.2, 0) is 22.3 Å². The first-order valence-corrected chi connectivity index (χ1v) is 8.55. The molecule has 1 aliphatic heterocycles. The number of aryl methyl sites for hydroxylation is 1. The van der Waals surface area contributed by atoms with E-state index in [1.807, 2.05) is 31.2 Å². The lowest BCUT2D eigenvalue weighted by Gasteiger charge is -2.18. The molecule has 1 heterocycles. The third-order valence-corrected chi connectivity index (χ3v) is 4.57. The second-order valence-electron chi connectivity index (χ2n) is 6.66. The molecule has 0 aliphatic carbocycles. The van der Waals surface area contributed by atoms with Gasteiger partial charge >= 0.3 is 6.18 Å². The summed E-state index contributed by atoms with van der Waals surface area (Å²) in [5.74, 6) is -1.22. The molecule has 0 spiro atoms. The summed E-state index contributed by atoms with van der Waals surface area (Å²) in [6.45, 7) is 2.38. The summed E-state index contributed by atoms with van der Waals surface area (Å²) >= 11 is 0. The molecule has 1 fully saturated rings. The van der Waals surface area contributed by atoms with Crippen molar-refractivity contribution in [2.75, 3.05) is 11.4 Å². The van der Waals surface area contributed by atoms with Gasteiger partial charge in [-0.05, 0) is 30.7 Å². The molecule has 0 saturated carbocycles. The van der Waals surface area contributed by atoms with Crippen LogP contribution in [0.15, 0.2) is 48.5 Å². The van der Waals surface area contributed by atoms with E-state index < -0.39 is 17.7 Å². The molecule has 3 rings (SSSR count). The first kappa shape index (κ1) is 18.9. The topological polar surface area (TPSA) is 49.4 Å². The lowest BCUT2D eigenvalue weighted by atomic mass is 10.1. The fourth-order valence-electron chi connectivity index (χ4n) is 3.02. The summed E-state index contributed by atoms with van der Waals surface area (Å²) in [4.78, 5) is 25.8. The molecule has 2 aromatic carbocycles. The highest BCUT2D eigenvalue weighted by Gasteiger charge is 2.36. The zero-order valence-corrected chi connectivity index (χ0v) is 14.7. The van der Waals surface area contributed by atoms with Crippen LogP contribution in [0.4, 0.5) is 18.9 Å². The van der Waals surface area contributed by atoms with Gasteiger partial charge < -0.3 is 10.2 Å². The smallest absolute Gasteiger partial charge is 0.352 e. The minimum absolute atomic E-state index is 0.0179. The van der Waals surface area contributed by atoms with E-state index in [0.29, 0.717) is 6.54 Å². The van der Waals surface area contributed by atoms with Crippen LogP contribution >= 0.6 is 0 Å². The fraction of sp³-hybridized carbons (Fsp3) is 0.300. The number of hydrogen-bond donors (Lipinski definition) is 1. The maximum atomic E-state index is 12.9. The number of carbonyl (C=O) groups excluding carboxylic acids is 2. The number of benzene rings is 2. The van der Waals surface area contributed by atoms with Crippen molar-refractivity contribution < 1.29 is 22.8 Å². The number of amides is 2. The van der Waals surface area contributed by atoms with Gasteiger partial charge in [0.25, 0.3) is 0 Å². The van der Waals surface area contributed by atoms with Crippen LogP contribution < -0.4 is 10.2 Å². The van der Waals surface area contributed by atoms with E-state index in [-0.39, 0.29) is 30.5 Å². The van der Waals surface area contributed by atoms with Gasteiger partial charge in [0, 0.05) is 25.2 Å². The molecule has 2 aromatic rings.